The summed E-state index contributed by atoms with van der Waals surface area (Å²) >= 11 is 0. The number of nitrogen functional groups attached to an aromatic ring is 1. The molecule has 2 N–H and O–H groups in total. The van der Waals surface area contributed by atoms with Crippen LogP contribution in [0.25, 0.3) is 0 Å². The third-order valence-electron chi connectivity index (χ3n) is 3.05. The zero-order chi connectivity index (χ0) is 14.7. The fourth-order valence-corrected chi connectivity index (χ4v) is 1.95. The molecule has 20 heavy (non-hydrogen) atoms. The van der Waals surface area contributed by atoms with Crippen molar-refractivity contribution >= 4 is 17.8 Å². The molecular weight excluding hydrogens is 266 g/mol. The van der Waals surface area contributed by atoms with Gasteiger partial charge in [0.15, 0.2) is 6.10 Å². The first-order valence-corrected chi connectivity index (χ1v) is 6.30. The van der Waals surface area contributed by atoms with Crippen LogP contribution in [0.1, 0.15) is 23.0 Å². The van der Waals surface area contributed by atoms with E-state index in [2.05, 4.69) is 9.68 Å². The molecule has 1 aromatic heterocycles. The Morgan fingerprint density at radius 3 is 2.60 bits per heavy atom. The highest BCUT2D eigenvalue weighted by atomic mass is 16.6. The van der Waals surface area contributed by atoms with Crippen LogP contribution in [0, 0.1) is 6.92 Å². The second kappa shape index (κ2) is 5.91. The third kappa shape index (κ3) is 2.90. The largest absolute Gasteiger partial charge is 0.449 e. The number of aryl methyl sites for hydroxylation is 1. The van der Waals surface area contributed by atoms with Gasteiger partial charge in [-0.3, -0.25) is 4.79 Å². The number of ether oxygens (including phenoxy) is 2. The maximum Gasteiger partial charge on any atom is 0.346 e. The minimum Gasteiger partial charge on any atom is -0.449 e. The zero-order valence-electron chi connectivity index (χ0n) is 11.4. The van der Waals surface area contributed by atoms with Crippen LogP contribution >= 0.6 is 0 Å². The van der Waals surface area contributed by atoms with Gasteiger partial charge in [-0.05, 0) is 13.8 Å². The van der Waals surface area contributed by atoms with Gasteiger partial charge in [0.2, 0.25) is 5.88 Å². The number of morpholine rings is 1. The van der Waals surface area contributed by atoms with Crippen molar-refractivity contribution in [2.24, 2.45) is 0 Å². The highest BCUT2D eigenvalue weighted by Crippen LogP contribution is 2.17. The second-order valence-corrected chi connectivity index (χ2v) is 4.49. The van der Waals surface area contributed by atoms with Crippen molar-refractivity contribution in [3.63, 3.8) is 0 Å². The van der Waals surface area contributed by atoms with E-state index < -0.39 is 12.1 Å². The summed E-state index contributed by atoms with van der Waals surface area (Å²) in [5.41, 5.74) is 5.89. The van der Waals surface area contributed by atoms with E-state index in [0.29, 0.717) is 32.0 Å². The lowest BCUT2D eigenvalue weighted by molar-refractivity contribution is -0.143. The van der Waals surface area contributed by atoms with Crippen molar-refractivity contribution in [3.8, 4) is 0 Å². The fourth-order valence-electron chi connectivity index (χ4n) is 1.95. The summed E-state index contributed by atoms with van der Waals surface area (Å²) in [6.45, 7) is 5.07. The molecule has 1 fully saturated rings. The van der Waals surface area contributed by atoms with E-state index in [0.717, 1.165) is 0 Å². The number of anilines is 1. The van der Waals surface area contributed by atoms with Crippen molar-refractivity contribution in [1.82, 2.24) is 10.1 Å². The summed E-state index contributed by atoms with van der Waals surface area (Å²) in [6, 6.07) is 0. The smallest absolute Gasteiger partial charge is 0.346 e. The van der Waals surface area contributed by atoms with Crippen molar-refractivity contribution in [1.29, 1.82) is 0 Å². The van der Waals surface area contributed by atoms with Crippen molar-refractivity contribution in [2.45, 2.75) is 20.0 Å². The van der Waals surface area contributed by atoms with Gasteiger partial charge in [0.25, 0.3) is 5.91 Å². The van der Waals surface area contributed by atoms with Crippen molar-refractivity contribution in [2.75, 3.05) is 32.0 Å². The number of esters is 1. The Labute approximate surface area is 115 Å². The van der Waals surface area contributed by atoms with E-state index in [-0.39, 0.29) is 17.4 Å². The van der Waals surface area contributed by atoms with Gasteiger partial charge in [0.1, 0.15) is 5.56 Å². The molecule has 1 saturated heterocycles. The Morgan fingerprint density at radius 1 is 1.40 bits per heavy atom. The lowest BCUT2D eigenvalue weighted by Crippen LogP contribution is -2.46. The van der Waals surface area contributed by atoms with Gasteiger partial charge in [-0.25, -0.2) is 4.79 Å². The standard InChI is InChI=1S/C12H17N3O5/c1-7-9(10(13)20-14-7)12(17)19-8(2)11(16)15-3-5-18-6-4-15/h8H,3-6,13H2,1-2H3. The highest BCUT2D eigenvalue weighted by molar-refractivity contribution is 5.96. The number of aromatic nitrogens is 1. The molecule has 0 bridgehead atoms. The molecule has 0 spiro atoms. The molecule has 8 heteroatoms. The number of rotatable bonds is 3. The molecule has 1 aliphatic rings. The van der Waals surface area contributed by atoms with E-state index in [1.54, 1.807) is 11.8 Å². The van der Waals surface area contributed by atoms with E-state index in [9.17, 15) is 9.59 Å². The van der Waals surface area contributed by atoms with Crippen LogP contribution < -0.4 is 5.73 Å². The molecule has 1 amide bonds. The Bertz CT molecular complexity index is 488. The molecule has 2 heterocycles. The monoisotopic (exact) mass is 283 g/mol. The normalized spacial score (nSPS) is 16.8. The van der Waals surface area contributed by atoms with Crippen LogP contribution in [-0.2, 0) is 14.3 Å². The number of carbonyl (C=O) groups excluding carboxylic acids is 2. The molecule has 1 aromatic rings. The summed E-state index contributed by atoms with van der Waals surface area (Å²) in [4.78, 5) is 25.6. The van der Waals surface area contributed by atoms with Crippen LogP contribution in [0.4, 0.5) is 5.88 Å². The average Bonchev–Trinajstić information content (AvgIpc) is 2.78. The van der Waals surface area contributed by atoms with Crippen molar-refractivity contribution < 1.29 is 23.6 Å². The first-order chi connectivity index (χ1) is 9.50. The Kier molecular flexibility index (Phi) is 4.23. The van der Waals surface area contributed by atoms with Gasteiger partial charge in [-0.2, -0.15) is 0 Å². The topological polar surface area (TPSA) is 108 Å². The number of amides is 1. The lowest BCUT2D eigenvalue weighted by Gasteiger charge is -2.28. The van der Waals surface area contributed by atoms with Gasteiger partial charge >= 0.3 is 5.97 Å². The summed E-state index contributed by atoms with van der Waals surface area (Å²) in [7, 11) is 0. The van der Waals surface area contributed by atoms with Gasteiger partial charge in [-0.1, -0.05) is 5.16 Å². The molecule has 0 aromatic carbocycles. The number of nitrogens with two attached hydrogens (primary N) is 1. The average molecular weight is 283 g/mol. The first kappa shape index (κ1) is 14.3. The molecule has 0 radical (unpaired) electrons. The van der Waals surface area contributed by atoms with Gasteiger partial charge in [-0.15, -0.1) is 0 Å². The molecular formula is C12H17N3O5. The quantitative estimate of drug-likeness (QED) is 0.776. The Hall–Kier alpha value is -2.09. The molecule has 0 saturated carbocycles. The maximum atomic E-state index is 12.1. The molecule has 1 aliphatic heterocycles. The number of nitrogens with zero attached hydrogens (tertiary/aromatic N) is 2. The predicted molar refractivity (Wildman–Crippen MR) is 67.9 cm³/mol. The molecule has 1 atom stereocenters. The first-order valence-electron chi connectivity index (χ1n) is 6.30. The van der Waals surface area contributed by atoms with Crippen LogP contribution in [0.2, 0.25) is 0 Å². The molecule has 2 rings (SSSR count). The highest BCUT2D eigenvalue weighted by Gasteiger charge is 2.28. The van der Waals surface area contributed by atoms with Crippen LogP contribution in [-0.4, -0.2) is 54.3 Å². The second-order valence-electron chi connectivity index (χ2n) is 4.49. The van der Waals surface area contributed by atoms with Crippen LogP contribution in [0.5, 0.6) is 0 Å². The predicted octanol–water partition coefficient (Wildman–Crippen LogP) is -0.0307. The van der Waals surface area contributed by atoms with Crippen LogP contribution in [0.3, 0.4) is 0 Å². The van der Waals surface area contributed by atoms with Crippen molar-refractivity contribution in [3.05, 3.63) is 11.3 Å². The summed E-state index contributed by atoms with van der Waals surface area (Å²) in [5, 5.41) is 3.57. The SMILES string of the molecule is Cc1noc(N)c1C(=O)OC(C)C(=O)N1CCOCC1. The molecule has 1 unspecified atom stereocenters. The zero-order valence-corrected chi connectivity index (χ0v) is 11.4. The van der Waals surface area contributed by atoms with E-state index >= 15 is 0 Å². The van der Waals surface area contributed by atoms with Gasteiger partial charge < -0.3 is 24.6 Å². The summed E-state index contributed by atoms with van der Waals surface area (Å²) in [5.74, 6) is -1.08. The fraction of sp³-hybridized carbons (Fsp3) is 0.583. The Balaban J connectivity index is 1.98. The van der Waals surface area contributed by atoms with Gasteiger partial charge in [0.05, 0.1) is 18.9 Å². The van der Waals surface area contributed by atoms with Gasteiger partial charge in [0, 0.05) is 13.1 Å². The minimum atomic E-state index is -0.894. The van der Waals surface area contributed by atoms with E-state index in [4.69, 9.17) is 15.2 Å². The van der Waals surface area contributed by atoms with E-state index in [1.165, 1.54) is 6.92 Å². The summed E-state index contributed by atoms with van der Waals surface area (Å²) in [6.07, 6.45) is -0.894. The maximum absolute atomic E-state index is 12.1. The third-order valence-corrected chi connectivity index (χ3v) is 3.05. The minimum absolute atomic E-state index is 0.0617. The number of hydrogen-bond donors (Lipinski definition) is 1. The van der Waals surface area contributed by atoms with Crippen LogP contribution in [0.15, 0.2) is 4.52 Å². The van der Waals surface area contributed by atoms with E-state index in [1.807, 2.05) is 0 Å². The number of hydrogen-bond acceptors (Lipinski definition) is 7. The lowest BCUT2D eigenvalue weighted by atomic mass is 10.2. The molecule has 110 valence electrons. The Morgan fingerprint density at radius 2 is 2.05 bits per heavy atom. The molecule has 8 nitrogen and oxygen atoms in total. The number of carbonyl (C=O) groups is 2. The summed E-state index contributed by atoms with van der Waals surface area (Å²) < 4.78 is 15.0. The molecule has 0 aliphatic carbocycles.